The number of hydrogen-bond donors (Lipinski definition) is 3. The number of ether oxygens (including phenoxy) is 1. The number of rotatable bonds is 4. The van der Waals surface area contributed by atoms with Crippen molar-refractivity contribution in [1.82, 2.24) is 4.90 Å². The molecule has 3 N–H and O–H groups in total. The van der Waals surface area contributed by atoms with Gasteiger partial charge in [-0.15, -0.1) is 0 Å². The first-order valence-electron chi connectivity index (χ1n) is 3.91. The van der Waals surface area contributed by atoms with Crippen LogP contribution in [0.1, 0.15) is 0 Å². The van der Waals surface area contributed by atoms with Crippen LogP contribution in [-0.4, -0.2) is 64.8 Å². The topological polar surface area (TPSA) is 90.2 Å². The summed E-state index contributed by atoms with van der Waals surface area (Å²) in [5.41, 5.74) is -0.932. The third kappa shape index (κ3) is 1.97. The monoisotopic (exact) mass is 191 g/mol. The smallest absolute Gasteiger partial charge is 0.317 e. The van der Waals surface area contributed by atoms with Gasteiger partial charge in [0.25, 0.3) is 0 Å². The average Bonchev–Trinajstić information content (AvgIpc) is 2.48. The Kier molecular flexibility index (Phi) is 3.21. The predicted octanol–water partition coefficient (Wildman–Crippen LogP) is -1.92. The minimum absolute atomic E-state index is 0.132. The molecule has 1 aliphatic heterocycles. The molecule has 1 fully saturated rings. The first kappa shape index (κ1) is 10.4. The molecule has 0 unspecified atom stereocenters. The minimum Gasteiger partial charge on any atom is -0.480 e. The Balaban J connectivity index is 2.66. The van der Waals surface area contributed by atoms with E-state index in [-0.39, 0.29) is 33.1 Å². The molecule has 0 atom stereocenters. The molecule has 0 saturated carbocycles. The van der Waals surface area contributed by atoms with E-state index >= 15 is 0 Å². The second-order valence-corrected chi connectivity index (χ2v) is 3.11. The lowest BCUT2D eigenvalue weighted by Gasteiger charge is -2.31. The second-order valence-electron chi connectivity index (χ2n) is 3.11. The van der Waals surface area contributed by atoms with E-state index in [0.717, 1.165) is 0 Å². The molecule has 1 saturated heterocycles. The lowest BCUT2D eigenvalue weighted by Crippen LogP contribution is -2.53. The summed E-state index contributed by atoms with van der Waals surface area (Å²) in [5.74, 6) is -1.00. The molecule has 6 nitrogen and oxygen atoms in total. The number of carboxylic acid groups (broad SMARTS) is 1. The Hall–Kier alpha value is -0.690. The van der Waals surface area contributed by atoms with Gasteiger partial charge in [0.2, 0.25) is 0 Å². The van der Waals surface area contributed by atoms with Crippen LogP contribution in [0.3, 0.4) is 0 Å². The maximum atomic E-state index is 10.4. The van der Waals surface area contributed by atoms with Gasteiger partial charge in [-0.2, -0.15) is 0 Å². The summed E-state index contributed by atoms with van der Waals surface area (Å²) >= 11 is 0. The Morgan fingerprint density at radius 1 is 1.46 bits per heavy atom. The third-order valence-corrected chi connectivity index (χ3v) is 2.20. The van der Waals surface area contributed by atoms with Crippen molar-refractivity contribution >= 4 is 5.97 Å². The fraction of sp³-hybridized carbons (Fsp3) is 0.857. The second kappa shape index (κ2) is 4.01. The van der Waals surface area contributed by atoms with Gasteiger partial charge in [-0.1, -0.05) is 0 Å². The Morgan fingerprint density at radius 3 is 2.54 bits per heavy atom. The molecule has 1 heterocycles. The van der Waals surface area contributed by atoms with Crippen molar-refractivity contribution in [2.45, 2.75) is 5.54 Å². The molecule has 0 bridgehead atoms. The fourth-order valence-corrected chi connectivity index (χ4v) is 1.29. The van der Waals surface area contributed by atoms with Crippen molar-refractivity contribution in [2.24, 2.45) is 0 Å². The molecular formula is C7H13NO5. The van der Waals surface area contributed by atoms with E-state index in [9.17, 15) is 4.79 Å². The molecule has 0 amide bonds. The first-order valence-corrected chi connectivity index (χ1v) is 3.91. The predicted molar refractivity (Wildman–Crippen MR) is 42.1 cm³/mol. The average molecular weight is 191 g/mol. The molecular weight excluding hydrogens is 178 g/mol. The Morgan fingerprint density at radius 2 is 2.08 bits per heavy atom. The van der Waals surface area contributed by atoms with Crippen molar-refractivity contribution in [1.29, 1.82) is 0 Å². The normalized spacial score (nSPS) is 22.0. The summed E-state index contributed by atoms with van der Waals surface area (Å²) in [6.45, 7) is -0.560. The number of nitrogens with zero attached hydrogens (tertiary/aromatic N) is 1. The van der Waals surface area contributed by atoms with Crippen molar-refractivity contribution in [3.63, 3.8) is 0 Å². The SMILES string of the molecule is O=C(O)CN1COCC1(CO)CO. The molecule has 1 rings (SSSR count). The van der Waals surface area contributed by atoms with Crippen molar-refractivity contribution in [3.05, 3.63) is 0 Å². The molecule has 0 spiro atoms. The van der Waals surface area contributed by atoms with Gasteiger partial charge >= 0.3 is 5.97 Å². The van der Waals surface area contributed by atoms with Gasteiger partial charge in [0.1, 0.15) is 6.73 Å². The van der Waals surface area contributed by atoms with E-state index in [1.54, 1.807) is 0 Å². The molecule has 76 valence electrons. The van der Waals surface area contributed by atoms with Crippen LogP contribution in [0, 0.1) is 0 Å². The summed E-state index contributed by atoms with van der Waals surface area (Å²) in [4.78, 5) is 11.8. The zero-order chi connectivity index (χ0) is 9.90. The molecule has 1 aliphatic rings. The number of aliphatic hydroxyl groups excluding tert-OH is 2. The zero-order valence-electron chi connectivity index (χ0n) is 7.14. The molecule has 0 aromatic heterocycles. The van der Waals surface area contributed by atoms with E-state index in [1.165, 1.54) is 4.90 Å². The van der Waals surface area contributed by atoms with E-state index < -0.39 is 11.5 Å². The van der Waals surface area contributed by atoms with Crippen LogP contribution in [0.25, 0.3) is 0 Å². The van der Waals surface area contributed by atoms with Crippen LogP contribution in [0.5, 0.6) is 0 Å². The highest BCUT2D eigenvalue weighted by molar-refractivity contribution is 5.69. The number of carbonyl (C=O) groups is 1. The molecule has 0 radical (unpaired) electrons. The third-order valence-electron chi connectivity index (χ3n) is 2.20. The van der Waals surface area contributed by atoms with Gasteiger partial charge in [-0.05, 0) is 0 Å². The number of aliphatic hydroxyl groups is 2. The van der Waals surface area contributed by atoms with Gasteiger partial charge < -0.3 is 20.1 Å². The highest BCUT2D eigenvalue weighted by atomic mass is 16.5. The van der Waals surface area contributed by atoms with E-state index in [1.807, 2.05) is 0 Å². The van der Waals surface area contributed by atoms with Gasteiger partial charge in [-0.25, -0.2) is 0 Å². The maximum absolute atomic E-state index is 10.4. The van der Waals surface area contributed by atoms with E-state index in [2.05, 4.69) is 0 Å². The summed E-state index contributed by atoms with van der Waals surface area (Å²) in [6.07, 6.45) is 0. The van der Waals surface area contributed by atoms with Crippen LogP contribution in [-0.2, 0) is 9.53 Å². The number of aliphatic carboxylic acids is 1. The zero-order valence-corrected chi connectivity index (χ0v) is 7.14. The maximum Gasteiger partial charge on any atom is 0.317 e. The summed E-state index contributed by atoms with van der Waals surface area (Å²) < 4.78 is 5.00. The van der Waals surface area contributed by atoms with E-state index in [4.69, 9.17) is 20.1 Å². The van der Waals surface area contributed by atoms with Crippen LogP contribution < -0.4 is 0 Å². The highest BCUT2D eigenvalue weighted by Gasteiger charge is 2.41. The Labute approximate surface area is 75.3 Å². The van der Waals surface area contributed by atoms with Gasteiger partial charge in [-0.3, -0.25) is 9.69 Å². The highest BCUT2D eigenvalue weighted by Crippen LogP contribution is 2.21. The standard InChI is InChI=1S/C7H13NO5/c9-2-7(3-10)4-13-5-8(7)1-6(11)12/h9-10H,1-5H2,(H,11,12). The molecule has 0 aromatic carbocycles. The van der Waals surface area contributed by atoms with Gasteiger partial charge in [0.15, 0.2) is 0 Å². The van der Waals surface area contributed by atoms with Crippen LogP contribution in [0.4, 0.5) is 0 Å². The number of hydrogen-bond acceptors (Lipinski definition) is 5. The van der Waals surface area contributed by atoms with Crippen LogP contribution >= 0.6 is 0 Å². The Bertz CT molecular complexity index is 191. The fourth-order valence-electron chi connectivity index (χ4n) is 1.29. The largest absolute Gasteiger partial charge is 0.480 e. The first-order chi connectivity index (χ1) is 6.14. The summed E-state index contributed by atoms with van der Waals surface area (Å²) in [7, 11) is 0. The van der Waals surface area contributed by atoms with Gasteiger partial charge in [0.05, 0.1) is 31.9 Å². The lowest BCUT2D eigenvalue weighted by atomic mass is 10.0. The summed E-state index contributed by atoms with van der Waals surface area (Å²) in [6, 6.07) is 0. The van der Waals surface area contributed by atoms with Crippen molar-refractivity contribution < 1.29 is 24.9 Å². The molecule has 6 heteroatoms. The molecule has 0 aromatic rings. The van der Waals surface area contributed by atoms with E-state index in [0.29, 0.717) is 0 Å². The molecule has 13 heavy (non-hydrogen) atoms. The van der Waals surface area contributed by atoms with Crippen molar-refractivity contribution in [2.75, 3.05) is 33.1 Å². The van der Waals surface area contributed by atoms with Crippen LogP contribution in [0.2, 0.25) is 0 Å². The minimum atomic E-state index is -1.00. The van der Waals surface area contributed by atoms with Gasteiger partial charge in [0, 0.05) is 0 Å². The lowest BCUT2D eigenvalue weighted by molar-refractivity contribution is -0.140. The summed E-state index contributed by atoms with van der Waals surface area (Å²) in [5, 5.41) is 26.6. The number of carboxylic acids is 1. The molecule has 0 aliphatic carbocycles. The van der Waals surface area contributed by atoms with Crippen LogP contribution in [0.15, 0.2) is 0 Å². The van der Waals surface area contributed by atoms with Crippen molar-refractivity contribution in [3.8, 4) is 0 Å². The quantitative estimate of drug-likeness (QED) is 0.480.